The molecule has 96 valence electrons. The Kier molecular flexibility index (Phi) is 3.73. The molecule has 6 heteroatoms. The molecule has 0 aliphatic carbocycles. The minimum absolute atomic E-state index is 0.0265. The Morgan fingerprint density at radius 1 is 1.67 bits per heavy atom. The number of rotatable bonds is 3. The molecular formula is C12H13ClN2O2S. The third-order valence-electron chi connectivity index (χ3n) is 2.81. The maximum atomic E-state index is 11.9. The second-order valence-electron chi connectivity index (χ2n) is 4.21. The number of ether oxygens (including phenoxy) is 1. The number of anilines is 1. The van der Waals surface area contributed by atoms with E-state index in [0.29, 0.717) is 28.0 Å². The first-order valence-corrected chi connectivity index (χ1v) is 6.29. The van der Waals surface area contributed by atoms with Gasteiger partial charge in [0.15, 0.2) is 6.61 Å². The number of nitrogens with zero attached hydrogens (tertiary/aromatic N) is 1. The van der Waals surface area contributed by atoms with Crippen LogP contribution in [0.5, 0.6) is 5.75 Å². The number of benzene rings is 1. The van der Waals surface area contributed by atoms with Crippen molar-refractivity contribution in [1.82, 2.24) is 0 Å². The van der Waals surface area contributed by atoms with Gasteiger partial charge in [-0.15, -0.1) is 0 Å². The van der Waals surface area contributed by atoms with Gasteiger partial charge in [0.2, 0.25) is 0 Å². The molecule has 1 unspecified atom stereocenters. The molecule has 2 rings (SSSR count). The molecule has 18 heavy (non-hydrogen) atoms. The van der Waals surface area contributed by atoms with Crippen molar-refractivity contribution in [3.05, 3.63) is 23.2 Å². The lowest BCUT2D eigenvalue weighted by atomic mass is 10.1. The van der Waals surface area contributed by atoms with Crippen molar-refractivity contribution in [2.45, 2.75) is 6.92 Å². The molecule has 1 aliphatic rings. The van der Waals surface area contributed by atoms with Crippen molar-refractivity contribution in [3.63, 3.8) is 0 Å². The standard InChI is InChI=1S/C12H13ClN2O2S/c1-7(12(14)18)5-15-9-4-8(13)2-3-10(9)17-6-11(15)16/h2-4,7H,5-6H2,1H3,(H2,14,18). The summed E-state index contributed by atoms with van der Waals surface area (Å²) in [5.74, 6) is 0.468. The van der Waals surface area contributed by atoms with Crippen LogP contribution in [0.4, 0.5) is 5.69 Å². The van der Waals surface area contributed by atoms with Gasteiger partial charge in [-0.25, -0.2) is 0 Å². The Bertz CT molecular complexity index is 507. The molecule has 1 aliphatic heterocycles. The zero-order chi connectivity index (χ0) is 13.3. The Morgan fingerprint density at radius 2 is 2.39 bits per heavy atom. The highest BCUT2D eigenvalue weighted by Gasteiger charge is 2.27. The highest BCUT2D eigenvalue weighted by atomic mass is 35.5. The first kappa shape index (κ1) is 13.1. The monoisotopic (exact) mass is 284 g/mol. The fraction of sp³-hybridized carbons (Fsp3) is 0.333. The molecule has 1 aromatic rings. The lowest BCUT2D eigenvalue weighted by Crippen LogP contribution is -2.43. The van der Waals surface area contributed by atoms with Gasteiger partial charge < -0.3 is 15.4 Å². The lowest BCUT2D eigenvalue weighted by Gasteiger charge is -2.31. The molecule has 0 fully saturated rings. The van der Waals surface area contributed by atoms with Gasteiger partial charge in [-0.1, -0.05) is 30.7 Å². The van der Waals surface area contributed by atoms with Crippen LogP contribution >= 0.6 is 23.8 Å². The summed E-state index contributed by atoms with van der Waals surface area (Å²) < 4.78 is 5.35. The number of fused-ring (bicyclic) bond motifs is 1. The van der Waals surface area contributed by atoms with Gasteiger partial charge in [-0.2, -0.15) is 0 Å². The van der Waals surface area contributed by atoms with Crippen molar-refractivity contribution in [1.29, 1.82) is 0 Å². The lowest BCUT2D eigenvalue weighted by molar-refractivity contribution is -0.121. The maximum Gasteiger partial charge on any atom is 0.265 e. The molecule has 2 N–H and O–H groups in total. The van der Waals surface area contributed by atoms with Gasteiger partial charge in [0.05, 0.1) is 10.7 Å². The summed E-state index contributed by atoms with van der Waals surface area (Å²) in [6.07, 6.45) is 0. The van der Waals surface area contributed by atoms with Crippen LogP contribution in [0.3, 0.4) is 0 Å². The molecule has 1 aromatic carbocycles. The van der Waals surface area contributed by atoms with E-state index in [1.54, 1.807) is 23.1 Å². The van der Waals surface area contributed by atoms with Crippen molar-refractivity contribution in [2.24, 2.45) is 11.7 Å². The molecule has 0 saturated carbocycles. The molecule has 0 aromatic heterocycles. The maximum absolute atomic E-state index is 11.9. The van der Waals surface area contributed by atoms with Crippen LogP contribution in [0.1, 0.15) is 6.92 Å². The van der Waals surface area contributed by atoms with E-state index in [0.717, 1.165) is 0 Å². The number of hydrogen-bond donors (Lipinski definition) is 1. The molecule has 1 amide bonds. The first-order valence-electron chi connectivity index (χ1n) is 5.51. The number of thiocarbonyl (C=S) groups is 1. The summed E-state index contributed by atoms with van der Waals surface area (Å²) in [4.78, 5) is 13.9. The molecule has 1 heterocycles. The Hall–Kier alpha value is -1.33. The van der Waals surface area contributed by atoms with Crippen LogP contribution in [0.15, 0.2) is 18.2 Å². The smallest absolute Gasteiger partial charge is 0.265 e. The Balaban J connectivity index is 2.32. The second kappa shape index (κ2) is 5.12. The van der Waals surface area contributed by atoms with E-state index in [1.165, 1.54) is 0 Å². The quantitative estimate of drug-likeness (QED) is 0.863. The minimum Gasteiger partial charge on any atom is -0.482 e. The molecule has 0 bridgehead atoms. The average Bonchev–Trinajstić information content (AvgIpc) is 2.32. The Labute approximate surface area is 116 Å². The minimum atomic E-state index is -0.118. The highest BCUT2D eigenvalue weighted by Crippen LogP contribution is 2.34. The zero-order valence-electron chi connectivity index (χ0n) is 9.85. The normalized spacial score (nSPS) is 15.9. The van der Waals surface area contributed by atoms with Crippen molar-refractivity contribution in [3.8, 4) is 5.75 Å². The molecule has 1 atom stereocenters. The Morgan fingerprint density at radius 3 is 3.06 bits per heavy atom. The largest absolute Gasteiger partial charge is 0.482 e. The van der Waals surface area contributed by atoms with Crippen LogP contribution in [0.25, 0.3) is 0 Å². The summed E-state index contributed by atoms with van der Waals surface area (Å²) in [6, 6.07) is 5.19. The van der Waals surface area contributed by atoms with E-state index in [9.17, 15) is 4.79 Å². The summed E-state index contributed by atoms with van der Waals surface area (Å²) in [6.45, 7) is 2.35. The summed E-state index contributed by atoms with van der Waals surface area (Å²) in [7, 11) is 0. The van der Waals surface area contributed by atoms with Crippen molar-refractivity contribution < 1.29 is 9.53 Å². The number of halogens is 1. The van der Waals surface area contributed by atoms with Crippen LogP contribution in [-0.4, -0.2) is 24.0 Å². The highest BCUT2D eigenvalue weighted by molar-refractivity contribution is 7.80. The van der Waals surface area contributed by atoms with Crippen LogP contribution in [-0.2, 0) is 4.79 Å². The van der Waals surface area contributed by atoms with Gasteiger partial charge in [-0.3, -0.25) is 4.79 Å². The van der Waals surface area contributed by atoms with Crippen molar-refractivity contribution >= 4 is 40.4 Å². The number of nitrogens with two attached hydrogens (primary N) is 1. The van der Waals surface area contributed by atoms with Gasteiger partial charge in [0.25, 0.3) is 5.91 Å². The molecular weight excluding hydrogens is 272 g/mol. The molecule has 0 spiro atoms. The molecule has 0 saturated heterocycles. The number of hydrogen-bond acceptors (Lipinski definition) is 3. The van der Waals surface area contributed by atoms with Gasteiger partial charge in [0.1, 0.15) is 5.75 Å². The van der Waals surface area contributed by atoms with E-state index in [1.807, 2.05) is 6.92 Å². The third kappa shape index (κ3) is 2.57. The number of carbonyl (C=O) groups is 1. The summed E-state index contributed by atoms with van der Waals surface area (Å²) in [5, 5.41) is 0.556. The zero-order valence-corrected chi connectivity index (χ0v) is 11.4. The predicted molar refractivity (Wildman–Crippen MR) is 75.2 cm³/mol. The van der Waals surface area contributed by atoms with E-state index in [4.69, 9.17) is 34.3 Å². The second-order valence-corrected chi connectivity index (χ2v) is 5.12. The third-order valence-corrected chi connectivity index (χ3v) is 3.44. The fourth-order valence-electron chi connectivity index (χ4n) is 1.74. The first-order chi connectivity index (χ1) is 8.49. The van der Waals surface area contributed by atoms with Gasteiger partial charge >= 0.3 is 0 Å². The average molecular weight is 285 g/mol. The van der Waals surface area contributed by atoms with Crippen LogP contribution in [0.2, 0.25) is 5.02 Å². The molecule has 0 radical (unpaired) electrons. The van der Waals surface area contributed by atoms with E-state index < -0.39 is 0 Å². The van der Waals surface area contributed by atoms with E-state index in [-0.39, 0.29) is 18.4 Å². The van der Waals surface area contributed by atoms with Gasteiger partial charge in [0, 0.05) is 17.5 Å². The number of carbonyl (C=O) groups excluding carboxylic acids is 1. The summed E-state index contributed by atoms with van der Waals surface area (Å²) >= 11 is 10.9. The van der Waals surface area contributed by atoms with Crippen LogP contribution < -0.4 is 15.4 Å². The van der Waals surface area contributed by atoms with E-state index in [2.05, 4.69) is 0 Å². The van der Waals surface area contributed by atoms with Crippen molar-refractivity contribution in [2.75, 3.05) is 18.1 Å². The summed E-state index contributed by atoms with van der Waals surface area (Å²) in [5.41, 5.74) is 6.25. The SMILES string of the molecule is CC(CN1C(=O)COc2ccc(Cl)cc21)C(N)=S. The van der Waals surface area contributed by atoms with Crippen LogP contribution in [0, 0.1) is 5.92 Å². The molecule has 4 nitrogen and oxygen atoms in total. The fourth-order valence-corrected chi connectivity index (χ4v) is 1.98. The number of amides is 1. The topological polar surface area (TPSA) is 55.6 Å². The van der Waals surface area contributed by atoms with Gasteiger partial charge in [-0.05, 0) is 18.2 Å². The predicted octanol–water partition coefficient (Wildman–Crippen LogP) is 1.99. The van der Waals surface area contributed by atoms with E-state index >= 15 is 0 Å².